The van der Waals surface area contributed by atoms with Crippen molar-refractivity contribution in [1.82, 2.24) is 5.32 Å². The second-order valence-electron chi connectivity index (χ2n) is 5.78. The van der Waals surface area contributed by atoms with Crippen molar-refractivity contribution in [2.75, 3.05) is 13.7 Å². The molecule has 6 nitrogen and oxygen atoms in total. The van der Waals surface area contributed by atoms with Gasteiger partial charge in [-0.1, -0.05) is 0 Å². The monoisotopic (exact) mass is 294 g/mol. The maximum atomic E-state index is 11.7. The highest BCUT2D eigenvalue weighted by molar-refractivity contribution is 5.79. The van der Waals surface area contributed by atoms with Crippen molar-refractivity contribution in [1.29, 1.82) is 5.26 Å². The summed E-state index contributed by atoms with van der Waals surface area (Å²) in [7, 11) is 1.32. The highest BCUT2D eigenvalue weighted by Crippen LogP contribution is 2.16. The van der Waals surface area contributed by atoms with Gasteiger partial charge in [-0.2, -0.15) is 5.26 Å². The molecule has 0 aromatic carbocycles. The molecular formula is C15H22N2O4. The number of carbonyl (C=O) groups excluding carboxylic acids is 2. The van der Waals surface area contributed by atoms with Crippen LogP contribution in [0.15, 0.2) is 17.4 Å². The summed E-state index contributed by atoms with van der Waals surface area (Å²) < 4.78 is 10.2. The van der Waals surface area contributed by atoms with Crippen LogP contribution in [0.2, 0.25) is 0 Å². The fourth-order valence-corrected chi connectivity index (χ4v) is 1.81. The highest BCUT2D eigenvalue weighted by Gasteiger charge is 2.35. The number of methoxy groups -OCH3 is 1. The van der Waals surface area contributed by atoms with Crippen LogP contribution in [0.5, 0.6) is 0 Å². The summed E-state index contributed by atoms with van der Waals surface area (Å²) in [4.78, 5) is 22.3. The van der Waals surface area contributed by atoms with Gasteiger partial charge in [0.2, 0.25) is 0 Å². The molecule has 0 atom stereocenters. The second kappa shape index (κ2) is 7.63. The lowest BCUT2D eigenvalue weighted by Crippen LogP contribution is -2.58. The summed E-state index contributed by atoms with van der Waals surface area (Å²) in [6, 6.07) is 1.81. The number of nitrogens with one attached hydrogen (secondary N) is 1. The number of esters is 1. The Balaban J connectivity index is 4.91. The summed E-state index contributed by atoms with van der Waals surface area (Å²) in [5.41, 5.74) is -1.27. The Bertz CT molecular complexity index is 506. The molecule has 0 aromatic heterocycles. The average Bonchev–Trinajstić information content (AvgIpc) is 2.40. The zero-order valence-corrected chi connectivity index (χ0v) is 13.4. The summed E-state index contributed by atoms with van der Waals surface area (Å²) >= 11 is 0. The van der Waals surface area contributed by atoms with Crippen molar-refractivity contribution in [3.05, 3.63) is 17.4 Å². The zero-order valence-electron chi connectivity index (χ0n) is 13.4. The Morgan fingerprint density at radius 1 is 1.33 bits per heavy atom. The molecule has 0 aliphatic carbocycles. The third-order valence-corrected chi connectivity index (χ3v) is 2.65. The minimum Gasteiger partial charge on any atom is -0.490 e. The Morgan fingerprint density at radius 3 is 2.33 bits per heavy atom. The van der Waals surface area contributed by atoms with E-state index in [0.29, 0.717) is 0 Å². The van der Waals surface area contributed by atoms with Crippen LogP contribution in [0.25, 0.3) is 0 Å². The van der Waals surface area contributed by atoms with Crippen molar-refractivity contribution >= 4 is 11.9 Å². The first-order valence-corrected chi connectivity index (χ1v) is 6.42. The number of ether oxygens (including phenoxy) is 2. The van der Waals surface area contributed by atoms with Crippen LogP contribution in [0.4, 0.5) is 0 Å². The average molecular weight is 294 g/mol. The van der Waals surface area contributed by atoms with Crippen LogP contribution < -0.4 is 5.32 Å². The van der Waals surface area contributed by atoms with E-state index in [0.717, 1.165) is 6.08 Å². The maximum Gasteiger partial charge on any atom is 0.325 e. The van der Waals surface area contributed by atoms with Crippen molar-refractivity contribution < 1.29 is 19.1 Å². The van der Waals surface area contributed by atoms with Crippen LogP contribution in [0, 0.1) is 11.3 Å². The van der Waals surface area contributed by atoms with E-state index in [1.165, 1.54) is 14.0 Å². The van der Waals surface area contributed by atoms with Crippen LogP contribution in [-0.2, 0) is 19.1 Å². The third-order valence-electron chi connectivity index (χ3n) is 2.65. The van der Waals surface area contributed by atoms with Gasteiger partial charge in [0, 0.05) is 5.54 Å². The molecule has 0 rings (SSSR count). The molecule has 116 valence electrons. The van der Waals surface area contributed by atoms with E-state index in [-0.39, 0.29) is 17.9 Å². The quantitative estimate of drug-likeness (QED) is 0.252. The normalized spacial score (nSPS) is 12.1. The van der Waals surface area contributed by atoms with E-state index < -0.39 is 17.0 Å². The van der Waals surface area contributed by atoms with E-state index in [4.69, 9.17) is 14.7 Å². The Kier molecular flexibility index (Phi) is 6.87. The smallest absolute Gasteiger partial charge is 0.325 e. The van der Waals surface area contributed by atoms with Gasteiger partial charge in [0.25, 0.3) is 0 Å². The molecule has 0 heterocycles. The van der Waals surface area contributed by atoms with E-state index in [1.54, 1.807) is 19.8 Å². The predicted molar refractivity (Wildman–Crippen MR) is 77.8 cm³/mol. The first-order chi connectivity index (χ1) is 9.59. The largest absolute Gasteiger partial charge is 0.490 e. The highest BCUT2D eigenvalue weighted by atomic mass is 16.5. The third kappa shape index (κ3) is 6.26. The van der Waals surface area contributed by atoms with Gasteiger partial charge in [-0.15, -0.1) is 0 Å². The summed E-state index contributed by atoms with van der Waals surface area (Å²) in [5, 5.41) is 11.8. The fourth-order valence-electron chi connectivity index (χ4n) is 1.81. The van der Waals surface area contributed by atoms with Crippen LogP contribution in [0.1, 0.15) is 34.6 Å². The number of rotatable bonds is 7. The van der Waals surface area contributed by atoms with Crippen molar-refractivity contribution in [2.45, 2.75) is 45.7 Å². The first-order valence-electron chi connectivity index (χ1n) is 6.42. The Labute approximate surface area is 125 Å². The van der Waals surface area contributed by atoms with Gasteiger partial charge in [-0.3, -0.25) is 10.1 Å². The lowest BCUT2D eigenvalue weighted by Gasteiger charge is -2.35. The fraction of sp³-hybridized carbons (Fsp3) is 0.600. The van der Waals surface area contributed by atoms with Crippen LogP contribution in [-0.4, -0.2) is 36.7 Å². The molecule has 0 bridgehead atoms. The number of nitrogens with zero attached hydrogens (tertiary/aromatic N) is 1. The van der Waals surface area contributed by atoms with Crippen LogP contribution in [0.3, 0.4) is 0 Å². The zero-order chi connectivity index (χ0) is 16.7. The second-order valence-corrected chi connectivity index (χ2v) is 5.78. The minimum absolute atomic E-state index is 0.153. The van der Waals surface area contributed by atoms with Gasteiger partial charge in [-0.25, -0.2) is 4.79 Å². The molecule has 0 amide bonds. The van der Waals surface area contributed by atoms with Gasteiger partial charge < -0.3 is 9.47 Å². The van der Waals surface area contributed by atoms with E-state index in [2.05, 4.69) is 5.32 Å². The molecule has 0 aliphatic heterocycles. The predicted octanol–water partition coefficient (Wildman–Crippen LogP) is 1.51. The van der Waals surface area contributed by atoms with E-state index >= 15 is 0 Å². The Morgan fingerprint density at radius 2 is 1.90 bits per heavy atom. The molecule has 0 aromatic rings. The van der Waals surface area contributed by atoms with Gasteiger partial charge >= 0.3 is 5.97 Å². The molecule has 1 N–H and O–H groups in total. The summed E-state index contributed by atoms with van der Waals surface area (Å²) in [6.07, 6.45) is 1.14. The molecule has 0 saturated heterocycles. The molecule has 0 unspecified atom stereocenters. The lowest BCUT2D eigenvalue weighted by atomic mass is 9.98. The van der Waals surface area contributed by atoms with Gasteiger partial charge in [0.1, 0.15) is 23.8 Å². The number of hydrogen-bond acceptors (Lipinski definition) is 6. The number of carbonyl (C=O) groups is 1. The molecule has 0 aliphatic rings. The molecule has 6 heteroatoms. The number of hydrogen-bond donors (Lipinski definition) is 1. The molecular weight excluding hydrogens is 272 g/mol. The lowest BCUT2D eigenvalue weighted by molar-refractivity contribution is -0.148. The summed E-state index contributed by atoms with van der Waals surface area (Å²) in [6.45, 7) is 8.73. The molecule has 0 fully saturated rings. The van der Waals surface area contributed by atoms with Gasteiger partial charge in [-0.05, 0) is 34.6 Å². The van der Waals surface area contributed by atoms with Crippen molar-refractivity contribution in [3.63, 3.8) is 0 Å². The van der Waals surface area contributed by atoms with E-state index in [1.807, 2.05) is 19.9 Å². The topological polar surface area (TPSA) is 88.4 Å². The molecule has 0 saturated carbocycles. The number of allylic oxidation sites excluding steroid dienone is 2. The first kappa shape index (κ1) is 18.9. The minimum atomic E-state index is -0.893. The molecule has 0 spiro atoms. The number of nitriles is 1. The Hall–Kier alpha value is -2.09. The SMILES string of the molecule is COC(=O)C(C)(C)NC(C)(C)CO/C(=C/C#N)C(C)=C=O. The van der Waals surface area contributed by atoms with Crippen molar-refractivity contribution in [3.8, 4) is 6.07 Å². The van der Waals surface area contributed by atoms with E-state index in [9.17, 15) is 9.59 Å². The molecule has 21 heavy (non-hydrogen) atoms. The standard InChI is InChI=1S/C15H22N2O4/c1-11(9-18)12(7-8-16)21-10-14(2,3)17-15(4,5)13(19)20-6/h7,17H,10H2,1-6H3/b12-7+. The van der Waals surface area contributed by atoms with Crippen molar-refractivity contribution in [2.24, 2.45) is 0 Å². The van der Waals surface area contributed by atoms with Crippen LogP contribution >= 0.6 is 0 Å². The maximum absolute atomic E-state index is 11.7. The molecule has 0 radical (unpaired) electrons. The van der Waals surface area contributed by atoms with Gasteiger partial charge in [0.05, 0.1) is 24.8 Å². The van der Waals surface area contributed by atoms with Gasteiger partial charge in [0.15, 0.2) is 0 Å². The summed E-state index contributed by atoms with van der Waals surface area (Å²) in [5.74, 6) is 1.46.